The molecule has 1 aromatic carbocycles. The molecule has 0 fully saturated rings. The summed E-state index contributed by atoms with van der Waals surface area (Å²) in [7, 11) is 0. The largest absolute Gasteiger partial charge is 0.370 e. The molecule has 4 nitrogen and oxygen atoms in total. The topological polar surface area (TPSA) is 49.8 Å². The van der Waals surface area contributed by atoms with Crippen LogP contribution in [0.25, 0.3) is 0 Å². The molecule has 0 amide bonds. The molecule has 0 unspecified atom stereocenters. The van der Waals surface area contributed by atoms with Gasteiger partial charge in [0.25, 0.3) is 0 Å². The first-order valence-corrected chi connectivity index (χ1v) is 8.36. The summed E-state index contributed by atoms with van der Waals surface area (Å²) in [5.41, 5.74) is 3.11. The van der Waals surface area contributed by atoms with E-state index in [-0.39, 0.29) is 0 Å². The van der Waals surface area contributed by atoms with Crippen LogP contribution in [0.2, 0.25) is 0 Å². The highest BCUT2D eigenvalue weighted by molar-refractivity contribution is 9.10. The van der Waals surface area contributed by atoms with E-state index in [1.807, 2.05) is 25.1 Å². The van der Waals surface area contributed by atoms with Gasteiger partial charge in [-0.1, -0.05) is 29.8 Å². The van der Waals surface area contributed by atoms with Crippen molar-refractivity contribution in [1.29, 1.82) is 0 Å². The molecule has 0 aliphatic heterocycles. The molecular formula is C17H23BrN4. The number of hydrogen-bond donors (Lipinski definition) is 2. The zero-order valence-electron chi connectivity index (χ0n) is 13.6. The Hall–Kier alpha value is -1.62. The summed E-state index contributed by atoms with van der Waals surface area (Å²) in [6.45, 7) is 9.40. The predicted octanol–water partition coefficient (Wildman–Crippen LogP) is 5.06. The second-order valence-corrected chi connectivity index (χ2v) is 6.83. The van der Waals surface area contributed by atoms with Gasteiger partial charge in [0, 0.05) is 28.5 Å². The first-order valence-electron chi connectivity index (χ1n) is 7.57. The number of nitrogens with zero attached hydrogens (tertiary/aromatic N) is 2. The third kappa shape index (κ3) is 4.98. The van der Waals surface area contributed by atoms with Gasteiger partial charge in [-0.05, 0) is 49.9 Å². The Bertz CT molecular complexity index is 641. The van der Waals surface area contributed by atoms with E-state index in [9.17, 15) is 0 Å². The summed E-state index contributed by atoms with van der Waals surface area (Å²) in [5, 5.41) is 6.66. The van der Waals surface area contributed by atoms with Crippen molar-refractivity contribution in [3.05, 3.63) is 40.0 Å². The van der Waals surface area contributed by atoms with Gasteiger partial charge in [0.1, 0.15) is 5.82 Å². The number of aryl methyl sites for hydroxylation is 2. The van der Waals surface area contributed by atoms with E-state index in [2.05, 4.69) is 63.4 Å². The predicted molar refractivity (Wildman–Crippen MR) is 96.9 cm³/mol. The van der Waals surface area contributed by atoms with Crippen molar-refractivity contribution in [3.8, 4) is 0 Å². The molecule has 0 saturated heterocycles. The smallest absolute Gasteiger partial charge is 0.229 e. The molecule has 0 bridgehead atoms. The molecule has 0 spiro atoms. The van der Waals surface area contributed by atoms with Crippen LogP contribution in [0, 0.1) is 19.8 Å². The molecule has 2 aromatic rings. The van der Waals surface area contributed by atoms with E-state index in [1.54, 1.807) is 0 Å². The Kier molecular flexibility index (Phi) is 5.77. The first-order chi connectivity index (χ1) is 10.4. The lowest BCUT2D eigenvalue weighted by atomic mass is 10.1. The normalized spacial score (nSPS) is 10.8. The van der Waals surface area contributed by atoms with Gasteiger partial charge in [-0.2, -0.15) is 4.98 Å². The van der Waals surface area contributed by atoms with Crippen molar-refractivity contribution >= 4 is 33.4 Å². The molecule has 1 heterocycles. The van der Waals surface area contributed by atoms with Gasteiger partial charge in [0.15, 0.2) is 0 Å². The lowest BCUT2D eigenvalue weighted by Gasteiger charge is -2.12. The minimum atomic E-state index is 0.623. The third-order valence-electron chi connectivity index (χ3n) is 3.32. The number of aromatic nitrogens is 2. The number of hydrogen-bond acceptors (Lipinski definition) is 4. The van der Waals surface area contributed by atoms with E-state index < -0.39 is 0 Å². The third-order valence-corrected chi connectivity index (χ3v) is 3.81. The standard InChI is InChI=1S/C17H23BrN4/c1-11(2)7-8-19-16-10-13(4)20-17(22-16)21-15-6-5-14(18)9-12(15)3/h5-6,9-11H,7-8H2,1-4H3,(H2,19,20,21,22). The van der Waals surface area contributed by atoms with E-state index in [0.717, 1.165) is 40.2 Å². The van der Waals surface area contributed by atoms with Crippen LogP contribution in [-0.2, 0) is 0 Å². The van der Waals surface area contributed by atoms with E-state index in [4.69, 9.17) is 0 Å². The van der Waals surface area contributed by atoms with Crippen molar-refractivity contribution in [2.24, 2.45) is 5.92 Å². The van der Waals surface area contributed by atoms with Gasteiger partial charge in [-0.3, -0.25) is 0 Å². The molecule has 22 heavy (non-hydrogen) atoms. The van der Waals surface area contributed by atoms with Gasteiger partial charge < -0.3 is 10.6 Å². The van der Waals surface area contributed by atoms with Crippen molar-refractivity contribution in [2.75, 3.05) is 17.2 Å². The average Bonchev–Trinajstić information content (AvgIpc) is 2.41. The molecule has 0 atom stereocenters. The van der Waals surface area contributed by atoms with Crippen molar-refractivity contribution in [2.45, 2.75) is 34.1 Å². The first kappa shape index (κ1) is 16.7. The maximum atomic E-state index is 4.54. The minimum Gasteiger partial charge on any atom is -0.370 e. The molecule has 2 rings (SSSR count). The summed E-state index contributed by atoms with van der Waals surface area (Å²) in [6.07, 6.45) is 1.12. The summed E-state index contributed by atoms with van der Waals surface area (Å²) in [4.78, 5) is 9.01. The van der Waals surface area contributed by atoms with Crippen molar-refractivity contribution in [3.63, 3.8) is 0 Å². The van der Waals surface area contributed by atoms with Crippen LogP contribution in [0.15, 0.2) is 28.7 Å². The summed E-state index contributed by atoms with van der Waals surface area (Å²) >= 11 is 3.48. The lowest BCUT2D eigenvalue weighted by Crippen LogP contribution is -2.08. The lowest BCUT2D eigenvalue weighted by molar-refractivity contribution is 0.606. The molecular weight excluding hydrogens is 340 g/mol. The Morgan fingerprint density at radius 2 is 1.91 bits per heavy atom. The van der Waals surface area contributed by atoms with E-state index >= 15 is 0 Å². The molecule has 0 radical (unpaired) electrons. The van der Waals surface area contributed by atoms with Gasteiger partial charge in [0.05, 0.1) is 0 Å². The fraction of sp³-hybridized carbons (Fsp3) is 0.412. The second-order valence-electron chi connectivity index (χ2n) is 5.91. The van der Waals surface area contributed by atoms with Crippen LogP contribution in [0.3, 0.4) is 0 Å². The van der Waals surface area contributed by atoms with Crippen LogP contribution in [0.4, 0.5) is 17.5 Å². The highest BCUT2D eigenvalue weighted by Gasteiger charge is 2.05. The SMILES string of the molecule is Cc1cc(NCCC(C)C)nc(Nc2ccc(Br)cc2C)n1. The Morgan fingerprint density at radius 1 is 1.14 bits per heavy atom. The Labute approximate surface area is 140 Å². The zero-order valence-corrected chi connectivity index (χ0v) is 15.2. The minimum absolute atomic E-state index is 0.623. The Balaban J connectivity index is 2.12. The number of benzene rings is 1. The van der Waals surface area contributed by atoms with Crippen LogP contribution >= 0.6 is 15.9 Å². The molecule has 0 saturated carbocycles. The van der Waals surface area contributed by atoms with Crippen LogP contribution in [0.5, 0.6) is 0 Å². The van der Waals surface area contributed by atoms with E-state index in [1.165, 1.54) is 0 Å². The van der Waals surface area contributed by atoms with Crippen LogP contribution in [-0.4, -0.2) is 16.5 Å². The van der Waals surface area contributed by atoms with Gasteiger partial charge in [-0.25, -0.2) is 4.98 Å². The average molecular weight is 363 g/mol. The summed E-state index contributed by atoms with van der Waals surface area (Å²) < 4.78 is 1.07. The van der Waals surface area contributed by atoms with Crippen molar-refractivity contribution in [1.82, 2.24) is 9.97 Å². The monoisotopic (exact) mass is 362 g/mol. The molecule has 2 N–H and O–H groups in total. The Morgan fingerprint density at radius 3 is 2.59 bits per heavy atom. The second kappa shape index (κ2) is 7.58. The maximum Gasteiger partial charge on any atom is 0.229 e. The molecule has 118 valence electrons. The number of nitrogens with one attached hydrogen (secondary N) is 2. The van der Waals surface area contributed by atoms with E-state index in [0.29, 0.717) is 11.9 Å². The quantitative estimate of drug-likeness (QED) is 0.753. The molecule has 0 aliphatic carbocycles. The fourth-order valence-electron chi connectivity index (χ4n) is 2.09. The number of halogens is 1. The highest BCUT2D eigenvalue weighted by atomic mass is 79.9. The van der Waals surface area contributed by atoms with Gasteiger partial charge in [-0.15, -0.1) is 0 Å². The van der Waals surface area contributed by atoms with Crippen molar-refractivity contribution < 1.29 is 0 Å². The van der Waals surface area contributed by atoms with Crippen LogP contribution < -0.4 is 10.6 Å². The molecule has 5 heteroatoms. The maximum absolute atomic E-state index is 4.54. The number of anilines is 3. The molecule has 0 aliphatic rings. The fourth-order valence-corrected chi connectivity index (χ4v) is 2.57. The van der Waals surface area contributed by atoms with Gasteiger partial charge >= 0.3 is 0 Å². The van der Waals surface area contributed by atoms with Gasteiger partial charge in [0.2, 0.25) is 5.95 Å². The van der Waals surface area contributed by atoms with Crippen LogP contribution in [0.1, 0.15) is 31.5 Å². The number of rotatable bonds is 6. The summed E-state index contributed by atoms with van der Waals surface area (Å²) in [5.74, 6) is 2.17. The molecule has 1 aromatic heterocycles. The highest BCUT2D eigenvalue weighted by Crippen LogP contribution is 2.23. The zero-order chi connectivity index (χ0) is 16.1. The summed E-state index contributed by atoms with van der Waals surface area (Å²) in [6, 6.07) is 8.07.